The lowest BCUT2D eigenvalue weighted by atomic mass is 10.2. The predicted octanol–water partition coefficient (Wildman–Crippen LogP) is 2.17. The molecule has 1 aromatic carbocycles. The first-order chi connectivity index (χ1) is 9.10. The van der Waals surface area contributed by atoms with Crippen molar-refractivity contribution >= 4 is 17.6 Å². The molecule has 0 amide bonds. The number of aromatic nitrogens is 2. The molecule has 0 aliphatic carbocycles. The van der Waals surface area contributed by atoms with Gasteiger partial charge in [0.15, 0.2) is 11.0 Å². The van der Waals surface area contributed by atoms with E-state index in [4.69, 9.17) is 10.9 Å². The van der Waals surface area contributed by atoms with Crippen molar-refractivity contribution in [3.63, 3.8) is 0 Å². The van der Waals surface area contributed by atoms with Gasteiger partial charge in [-0.05, 0) is 42.4 Å². The first kappa shape index (κ1) is 13.3. The summed E-state index contributed by atoms with van der Waals surface area (Å²) in [5.41, 5.74) is 6.64. The van der Waals surface area contributed by atoms with Gasteiger partial charge in [-0.3, -0.25) is 0 Å². The maximum absolute atomic E-state index is 13.8. The van der Waals surface area contributed by atoms with Gasteiger partial charge in [0.2, 0.25) is 0 Å². The van der Waals surface area contributed by atoms with Gasteiger partial charge in [0, 0.05) is 18.0 Å². The van der Waals surface area contributed by atoms with Crippen molar-refractivity contribution in [2.45, 2.75) is 17.0 Å². The van der Waals surface area contributed by atoms with E-state index in [-0.39, 0.29) is 5.84 Å². The van der Waals surface area contributed by atoms with Crippen molar-refractivity contribution in [2.75, 3.05) is 0 Å². The van der Waals surface area contributed by atoms with Gasteiger partial charge in [-0.2, -0.15) is 0 Å². The van der Waals surface area contributed by atoms with Crippen LogP contribution in [0.5, 0.6) is 0 Å². The molecule has 5 nitrogen and oxygen atoms in total. The van der Waals surface area contributed by atoms with E-state index in [1.807, 2.05) is 6.92 Å². The average Bonchev–Trinajstić information content (AvgIpc) is 2.42. The molecule has 0 aliphatic heterocycles. The molecule has 98 valence electrons. The highest BCUT2D eigenvalue weighted by Gasteiger charge is 2.09. The van der Waals surface area contributed by atoms with Gasteiger partial charge < -0.3 is 10.9 Å². The predicted molar refractivity (Wildman–Crippen MR) is 69.8 cm³/mol. The third-order valence-electron chi connectivity index (χ3n) is 2.29. The van der Waals surface area contributed by atoms with E-state index >= 15 is 0 Å². The van der Waals surface area contributed by atoms with Gasteiger partial charge in [0.1, 0.15) is 5.82 Å². The van der Waals surface area contributed by atoms with E-state index in [1.54, 1.807) is 18.5 Å². The molecular formula is C12H11FN4OS. The molecule has 1 heterocycles. The minimum atomic E-state index is -0.474. The van der Waals surface area contributed by atoms with Crippen molar-refractivity contribution in [3.8, 4) is 0 Å². The van der Waals surface area contributed by atoms with E-state index in [0.29, 0.717) is 15.6 Å². The Labute approximate surface area is 113 Å². The number of hydrogen-bond acceptors (Lipinski definition) is 5. The smallest absolute Gasteiger partial charge is 0.192 e. The number of hydrogen-bond donors (Lipinski definition) is 2. The average molecular weight is 278 g/mol. The van der Waals surface area contributed by atoms with Crippen LogP contribution in [-0.2, 0) is 0 Å². The number of benzene rings is 1. The van der Waals surface area contributed by atoms with E-state index in [0.717, 1.165) is 17.3 Å². The minimum Gasteiger partial charge on any atom is -0.409 e. The Kier molecular flexibility index (Phi) is 3.96. The van der Waals surface area contributed by atoms with Crippen LogP contribution < -0.4 is 5.73 Å². The van der Waals surface area contributed by atoms with E-state index in [9.17, 15) is 4.39 Å². The highest BCUT2D eigenvalue weighted by Crippen LogP contribution is 2.27. The monoisotopic (exact) mass is 278 g/mol. The summed E-state index contributed by atoms with van der Waals surface area (Å²) in [6.45, 7) is 1.88. The second-order valence-corrected chi connectivity index (χ2v) is 4.78. The SMILES string of the molecule is Cc1cnc(Sc2ccc(/C(N)=N/O)cc2F)nc1. The minimum absolute atomic E-state index is 0.137. The summed E-state index contributed by atoms with van der Waals surface area (Å²) in [5, 5.41) is 11.8. The van der Waals surface area contributed by atoms with Gasteiger partial charge in [-0.25, -0.2) is 14.4 Å². The quantitative estimate of drug-likeness (QED) is 0.295. The third-order valence-corrected chi connectivity index (χ3v) is 3.24. The molecular weight excluding hydrogens is 267 g/mol. The lowest BCUT2D eigenvalue weighted by molar-refractivity contribution is 0.318. The largest absolute Gasteiger partial charge is 0.409 e. The van der Waals surface area contributed by atoms with Crippen molar-refractivity contribution in [1.82, 2.24) is 9.97 Å². The van der Waals surface area contributed by atoms with E-state index in [2.05, 4.69) is 15.1 Å². The number of halogens is 1. The summed E-state index contributed by atoms with van der Waals surface area (Å²) < 4.78 is 13.8. The Balaban J connectivity index is 2.24. The second-order valence-electron chi connectivity index (χ2n) is 3.78. The molecule has 0 saturated heterocycles. The summed E-state index contributed by atoms with van der Waals surface area (Å²) in [4.78, 5) is 8.54. The molecule has 0 saturated carbocycles. The molecule has 0 bridgehead atoms. The van der Waals surface area contributed by atoms with Crippen LogP contribution in [0.2, 0.25) is 0 Å². The van der Waals surface area contributed by atoms with Crippen LogP contribution in [0.15, 0.2) is 45.8 Å². The van der Waals surface area contributed by atoms with Crippen LogP contribution in [0, 0.1) is 12.7 Å². The fourth-order valence-corrected chi connectivity index (χ4v) is 2.03. The number of aryl methyl sites for hydroxylation is 1. The van der Waals surface area contributed by atoms with E-state index < -0.39 is 5.82 Å². The number of oxime groups is 1. The Hall–Kier alpha value is -2.15. The first-order valence-corrected chi connectivity index (χ1v) is 6.16. The fraction of sp³-hybridized carbons (Fsp3) is 0.0833. The molecule has 3 N–H and O–H groups in total. The number of amidine groups is 1. The van der Waals surface area contributed by atoms with Crippen LogP contribution in [0.3, 0.4) is 0 Å². The Morgan fingerprint density at radius 2 is 2.05 bits per heavy atom. The van der Waals surface area contributed by atoms with Crippen molar-refractivity contribution in [3.05, 3.63) is 47.5 Å². The summed E-state index contributed by atoms with van der Waals surface area (Å²) in [5.74, 6) is -0.611. The molecule has 2 aromatic rings. The lowest BCUT2D eigenvalue weighted by Crippen LogP contribution is -2.13. The zero-order valence-electron chi connectivity index (χ0n) is 10.0. The molecule has 0 atom stereocenters. The van der Waals surface area contributed by atoms with Crippen LogP contribution in [-0.4, -0.2) is 21.0 Å². The Morgan fingerprint density at radius 1 is 1.37 bits per heavy atom. The Morgan fingerprint density at radius 3 is 2.63 bits per heavy atom. The van der Waals surface area contributed by atoms with Crippen molar-refractivity contribution < 1.29 is 9.60 Å². The molecule has 1 aromatic heterocycles. The second kappa shape index (κ2) is 5.66. The standard InChI is InChI=1S/C12H11FN4OS/c1-7-5-15-12(16-6-7)19-10-3-2-8(4-9(10)13)11(14)17-18/h2-6,18H,1H3,(H2,14,17). The molecule has 19 heavy (non-hydrogen) atoms. The fourth-order valence-electron chi connectivity index (χ4n) is 1.33. The molecule has 0 spiro atoms. The summed E-state index contributed by atoms with van der Waals surface area (Å²) in [7, 11) is 0. The summed E-state index contributed by atoms with van der Waals surface area (Å²) >= 11 is 1.11. The van der Waals surface area contributed by atoms with Gasteiger partial charge in [-0.1, -0.05) is 5.16 Å². The highest BCUT2D eigenvalue weighted by atomic mass is 32.2. The Bertz CT molecular complexity index is 616. The number of rotatable bonds is 3. The molecule has 0 aliphatic rings. The maximum Gasteiger partial charge on any atom is 0.192 e. The van der Waals surface area contributed by atoms with Gasteiger partial charge in [0.05, 0.1) is 4.90 Å². The summed E-state index contributed by atoms with van der Waals surface area (Å²) in [6.07, 6.45) is 3.33. The van der Waals surface area contributed by atoms with Crippen molar-refractivity contribution in [2.24, 2.45) is 10.9 Å². The zero-order valence-corrected chi connectivity index (χ0v) is 10.9. The van der Waals surface area contributed by atoms with Crippen LogP contribution in [0.25, 0.3) is 0 Å². The van der Waals surface area contributed by atoms with Gasteiger partial charge >= 0.3 is 0 Å². The van der Waals surface area contributed by atoms with Crippen molar-refractivity contribution in [1.29, 1.82) is 0 Å². The zero-order chi connectivity index (χ0) is 13.8. The summed E-state index contributed by atoms with van der Waals surface area (Å²) in [6, 6.07) is 4.30. The highest BCUT2D eigenvalue weighted by molar-refractivity contribution is 7.99. The molecule has 7 heteroatoms. The molecule has 2 rings (SSSR count). The molecule has 0 radical (unpaired) electrons. The van der Waals surface area contributed by atoms with Gasteiger partial charge in [0.25, 0.3) is 0 Å². The van der Waals surface area contributed by atoms with Crippen LogP contribution in [0.4, 0.5) is 4.39 Å². The normalized spacial score (nSPS) is 11.6. The third kappa shape index (κ3) is 3.19. The topological polar surface area (TPSA) is 84.4 Å². The molecule has 0 fully saturated rings. The first-order valence-electron chi connectivity index (χ1n) is 5.34. The maximum atomic E-state index is 13.8. The number of nitrogens with zero attached hydrogens (tertiary/aromatic N) is 3. The molecule has 0 unspecified atom stereocenters. The van der Waals surface area contributed by atoms with Crippen LogP contribution >= 0.6 is 11.8 Å². The van der Waals surface area contributed by atoms with Gasteiger partial charge in [-0.15, -0.1) is 0 Å². The number of nitrogens with two attached hydrogens (primary N) is 1. The van der Waals surface area contributed by atoms with E-state index in [1.165, 1.54) is 12.1 Å². The lowest BCUT2D eigenvalue weighted by Gasteiger charge is -2.04. The van der Waals surface area contributed by atoms with Crippen LogP contribution in [0.1, 0.15) is 11.1 Å².